The molecule has 4 nitrogen and oxygen atoms in total. The fourth-order valence-corrected chi connectivity index (χ4v) is 4.74. The second kappa shape index (κ2) is 6.10. The average Bonchev–Trinajstić information content (AvgIpc) is 2.25. The highest BCUT2D eigenvalue weighted by Gasteiger charge is 2.35. The van der Waals surface area contributed by atoms with Crippen molar-refractivity contribution in [1.82, 2.24) is 9.62 Å². The summed E-state index contributed by atoms with van der Waals surface area (Å²) in [6, 6.07) is 4.89. The van der Waals surface area contributed by atoms with Gasteiger partial charge in [-0.3, -0.25) is 0 Å². The quantitative estimate of drug-likeness (QED) is 0.870. The van der Waals surface area contributed by atoms with Gasteiger partial charge in [-0.1, -0.05) is 34.5 Å². The highest BCUT2D eigenvalue weighted by atomic mass is 79.9. The first-order chi connectivity index (χ1) is 8.96. The van der Waals surface area contributed by atoms with Crippen molar-refractivity contribution in [2.45, 2.75) is 24.3 Å². The molecule has 0 amide bonds. The molecule has 0 bridgehead atoms. The van der Waals surface area contributed by atoms with E-state index in [-0.39, 0.29) is 16.0 Å². The Labute approximate surface area is 127 Å². The zero-order valence-electron chi connectivity index (χ0n) is 10.6. The SMILES string of the molecule is CCCN(C1CNC1)S(=O)(=O)c1ccc(Br)cc1Cl. The largest absolute Gasteiger partial charge is 0.313 e. The van der Waals surface area contributed by atoms with Gasteiger partial charge in [-0.2, -0.15) is 4.31 Å². The van der Waals surface area contributed by atoms with E-state index in [4.69, 9.17) is 11.6 Å². The second-order valence-corrected chi connectivity index (χ2v) is 7.68. The number of rotatable bonds is 5. The first-order valence-electron chi connectivity index (χ1n) is 6.14. The predicted octanol–water partition coefficient (Wildman–Crippen LogP) is 2.48. The van der Waals surface area contributed by atoms with Crippen LogP contribution in [-0.2, 0) is 10.0 Å². The van der Waals surface area contributed by atoms with Gasteiger partial charge in [0.15, 0.2) is 0 Å². The summed E-state index contributed by atoms with van der Waals surface area (Å²) in [4.78, 5) is 0.178. The molecule has 2 rings (SSSR count). The smallest absolute Gasteiger partial charge is 0.244 e. The first kappa shape index (κ1) is 15.3. The number of hydrogen-bond acceptors (Lipinski definition) is 3. The Morgan fingerprint density at radius 1 is 1.47 bits per heavy atom. The fourth-order valence-electron chi connectivity index (χ4n) is 2.01. The number of nitrogens with zero attached hydrogens (tertiary/aromatic N) is 1. The van der Waals surface area contributed by atoms with Crippen LogP contribution in [0.25, 0.3) is 0 Å². The van der Waals surface area contributed by atoms with Crippen LogP contribution in [0.4, 0.5) is 0 Å². The van der Waals surface area contributed by atoms with Crippen molar-refractivity contribution in [3.05, 3.63) is 27.7 Å². The van der Waals surface area contributed by atoms with Gasteiger partial charge in [0.2, 0.25) is 10.0 Å². The van der Waals surface area contributed by atoms with Crippen molar-refractivity contribution in [3.8, 4) is 0 Å². The van der Waals surface area contributed by atoms with Crippen LogP contribution in [0.15, 0.2) is 27.6 Å². The zero-order valence-corrected chi connectivity index (χ0v) is 13.7. The molecular weight excluding hydrogens is 352 g/mol. The van der Waals surface area contributed by atoms with Crippen LogP contribution in [0.2, 0.25) is 5.02 Å². The lowest BCUT2D eigenvalue weighted by molar-refractivity contribution is 0.242. The van der Waals surface area contributed by atoms with Crippen LogP contribution >= 0.6 is 27.5 Å². The van der Waals surface area contributed by atoms with Crippen molar-refractivity contribution in [2.75, 3.05) is 19.6 Å². The summed E-state index contributed by atoms with van der Waals surface area (Å²) in [5, 5.41) is 3.35. The van der Waals surface area contributed by atoms with Crippen LogP contribution in [0.3, 0.4) is 0 Å². The second-order valence-electron chi connectivity index (χ2n) is 4.50. The zero-order chi connectivity index (χ0) is 14.0. The molecule has 7 heteroatoms. The summed E-state index contributed by atoms with van der Waals surface area (Å²) in [5.41, 5.74) is 0. The Kier molecular flexibility index (Phi) is 4.89. The van der Waals surface area contributed by atoms with Crippen molar-refractivity contribution in [3.63, 3.8) is 0 Å². The summed E-state index contributed by atoms with van der Waals surface area (Å²) >= 11 is 9.35. The lowest BCUT2D eigenvalue weighted by Gasteiger charge is -2.37. The standard InChI is InChI=1S/C12H16BrClN2O2S/c1-2-5-16(10-7-15-8-10)19(17,18)12-4-3-9(13)6-11(12)14/h3-4,6,10,15H,2,5,7-8H2,1H3. The molecule has 0 aliphatic carbocycles. The van der Waals surface area contributed by atoms with Gasteiger partial charge in [0.05, 0.1) is 11.1 Å². The van der Waals surface area contributed by atoms with Crippen molar-refractivity contribution >= 4 is 37.6 Å². The molecule has 1 heterocycles. The lowest BCUT2D eigenvalue weighted by Crippen LogP contribution is -2.58. The van der Waals surface area contributed by atoms with Crippen LogP contribution in [0, 0.1) is 0 Å². The number of benzene rings is 1. The van der Waals surface area contributed by atoms with E-state index in [9.17, 15) is 8.42 Å². The van der Waals surface area contributed by atoms with E-state index in [1.54, 1.807) is 22.5 Å². The van der Waals surface area contributed by atoms with E-state index in [2.05, 4.69) is 21.2 Å². The molecule has 0 atom stereocenters. The van der Waals surface area contributed by atoms with Gasteiger partial charge >= 0.3 is 0 Å². The first-order valence-corrected chi connectivity index (χ1v) is 8.75. The molecule has 19 heavy (non-hydrogen) atoms. The number of hydrogen-bond donors (Lipinski definition) is 1. The van der Waals surface area contributed by atoms with Gasteiger partial charge in [0.1, 0.15) is 4.90 Å². The van der Waals surface area contributed by atoms with E-state index in [0.29, 0.717) is 19.6 Å². The highest BCUT2D eigenvalue weighted by molar-refractivity contribution is 9.10. The van der Waals surface area contributed by atoms with Crippen LogP contribution in [0.5, 0.6) is 0 Å². The normalized spacial score (nSPS) is 16.6. The van der Waals surface area contributed by atoms with E-state index < -0.39 is 10.0 Å². The Bertz CT molecular complexity index is 561. The lowest BCUT2D eigenvalue weighted by atomic mass is 10.2. The van der Waals surface area contributed by atoms with E-state index >= 15 is 0 Å². The number of nitrogens with one attached hydrogen (secondary N) is 1. The molecule has 1 aliphatic heterocycles. The van der Waals surface area contributed by atoms with Crippen LogP contribution in [0.1, 0.15) is 13.3 Å². The molecule has 1 saturated heterocycles. The third kappa shape index (κ3) is 3.13. The maximum atomic E-state index is 12.7. The molecule has 1 aromatic rings. The molecule has 0 unspecified atom stereocenters. The number of halogens is 2. The molecule has 0 aromatic heterocycles. The van der Waals surface area contributed by atoms with Gasteiger partial charge in [-0.05, 0) is 24.6 Å². The molecule has 0 spiro atoms. The van der Waals surface area contributed by atoms with Crippen molar-refractivity contribution < 1.29 is 8.42 Å². The Hall–Kier alpha value is -0.140. The van der Waals surface area contributed by atoms with Gasteiger partial charge in [-0.15, -0.1) is 0 Å². The van der Waals surface area contributed by atoms with Gasteiger partial charge in [0, 0.05) is 24.1 Å². The summed E-state index contributed by atoms with van der Waals surface area (Å²) in [5.74, 6) is 0. The minimum Gasteiger partial charge on any atom is -0.313 e. The Morgan fingerprint density at radius 3 is 2.63 bits per heavy atom. The van der Waals surface area contributed by atoms with Crippen molar-refractivity contribution in [2.24, 2.45) is 0 Å². The summed E-state index contributed by atoms with van der Waals surface area (Å²) < 4.78 is 27.7. The molecule has 1 aromatic carbocycles. The molecule has 0 radical (unpaired) electrons. The fraction of sp³-hybridized carbons (Fsp3) is 0.500. The maximum Gasteiger partial charge on any atom is 0.244 e. The van der Waals surface area contributed by atoms with Gasteiger partial charge < -0.3 is 5.32 Å². The minimum atomic E-state index is -3.53. The minimum absolute atomic E-state index is 0.0321. The Morgan fingerprint density at radius 2 is 2.16 bits per heavy atom. The molecule has 0 saturated carbocycles. The van der Waals surface area contributed by atoms with Crippen LogP contribution in [-0.4, -0.2) is 38.4 Å². The van der Waals surface area contributed by atoms with Crippen LogP contribution < -0.4 is 5.32 Å². The van der Waals surface area contributed by atoms with Crippen molar-refractivity contribution in [1.29, 1.82) is 0 Å². The summed E-state index contributed by atoms with van der Waals surface area (Å²) in [6.07, 6.45) is 0.782. The summed E-state index contributed by atoms with van der Waals surface area (Å²) in [6.45, 7) is 3.89. The molecule has 1 N–H and O–H groups in total. The summed E-state index contributed by atoms with van der Waals surface area (Å²) in [7, 11) is -3.53. The van der Waals surface area contributed by atoms with E-state index in [0.717, 1.165) is 10.9 Å². The molecule has 1 aliphatic rings. The monoisotopic (exact) mass is 366 g/mol. The Balaban J connectivity index is 2.38. The predicted molar refractivity (Wildman–Crippen MR) is 80.0 cm³/mol. The maximum absolute atomic E-state index is 12.7. The molecular formula is C12H16BrClN2O2S. The third-order valence-electron chi connectivity index (χ3n) is 3.09. The van der Waals surface area contributed by atoms with Gasteiger partial charge in [-0.25, -0.2) is 8.42 Å². The molecule has 106 valence electrons. The van der Waals surface area contributed by atoms with Gasteiger partial charge in [0.25, 0.3) is 0 Å². The third-order valence-corrected chi connectivity index (χ3v) is 6.02. The van der Waals surface area contributed by atoms with E-state index in [1.165, 1.54) is 0 Å². The molecule has 1 fully saturated rings. The topological polar surface area (TPSA) is 49.4 Å². The number of sulfonamides is 1. The average molecular weight is 368 g/mol. The van der Waals surface area contributed by atoms with E-state index in [1.807, 2.05) is 6.92 Å². The highest BCUT2D eigenvalue weighted by Crippen LogP contribution is 2.29.